The minimum absolute atomic E-state index is 0.141. The van der Waals surface area contributed by atoms with Crippen LogP contribution in [0.2, 0.25) is 0 Å². The van der Waals surface area contributed by atoms with E-state index in [1.165, 1.54) is 47.1 Å². The van der Waals surface area contributed by atoms with E-state index in [0.717, 1.165) is 29.2 Å². The molecule has 3 aromatic rings. The van der Waals surface area contributed by atoms with Crippen LogP contribution in [0.3, 0.4) is 0 Å². The Balaban J connectivity index is 1.67. The first-order chi connectivity index (χ1) is 13.2. The zero-order chi connectivity index (χ0) is 20.3. The van der Waals surface area contributed by atoms with Crippen molar-refractivity contribution in [3.63, 3.8) is 0 Å². The zero-order valence-electron chi connectivity index (χ0n) is 13.9. The lowest BCUT2D eigenvalue weighted by molar-refractivity contribution is -0.137. The Morgan fingerprint density at radius 2 is 1.86 bits per heavy atom. The molecule has 1 amide bonds. The molecule has 0 spiro atoms. The Morgan fingerprint density at radius 1 is 1.18 bits per heavy atom. The van der Waals surface area contributed by atoms with E-state index in [2.05, 4.69) is 10.4 Å². The van der Waals surface area contributed by atoms with E-state index in [1.807, 2.05) is 0 Å². The maximum atomic E-state index is 13.0. The summed E-state index contributed by atoms with van der Waals surface area (Å²) in [6.45, 7) is 0. The molecule has 0 fully saturated rings. The summed E-state index contributed by atoms with van der Waals surface area (Å²) in [6, 6.07) is 10.3. The van der Waals surface area contributed by atoms with Gasteiger partial charge in [-0.2, -0.15) is 13.2 Å². The van der Waals surface area contributed by atoms with E-state index < -0.39 is 23.5 Å². The zero-order valence-corrected chi connectivity index (χ0v) is 16.3. The first-order valence-corrected chi connectivity index (χ1v) is 9.90. The number of thioether (sulfide) groups is 1. The maximum Gasteiger partial charge on any atom is 0.418 e. The van der Waals surface area contributed by atoms with Crippen LogP contribution < -0.4 is 5.32 Å². The van der Waals surface area contributed by atoms with Gasteiger partial charge in [-0.05, 0) is 48.6 Å². The number of alkyl halides is 3. The second-order valence-electron chi connectivity index (χ2n) is 5.40. The van der Waals surface area contributed by atoms with E-state index in [0.29, 0.717) is 14.0 Å². The highest BCUT2D eigenvalue weighted by Gasteiger charge is 2.33. The third-order valence-corrected chi connectivity index (χ3v) is 5.80. The van der Waals surface area contributed by atoms with Crippen LogP contribution in [0.25, 0.3) is 5.69 Å². The molecule has 1 heterocycles. The molecule has 11 heteroatoms. The predicted molar refractivity (Wildman–Crippen MR) is 103 cm³/mol. The molecule has 3 rings (SSSR count). The van der Waals surface area contributed by atoms with Crippen molar-refractivity contribution in [2.75, 3.05) is 11.1 Å². The molecule has 0 unspecified atom stereocenters. The van der Waals surface area contributed by atoms with Crippen molar-refractivity contribution in [2.24, 2.45) is 0 Å². The van der Waals surface area contributed by atoms with Gasteiger partial charge in [-0.1, -0.05) is 35.2 Å². The quantitative estimate of drug-likeness (QED) is 0.318. The van der Waals surface area contributed by atoms with Crippen molar-refractivity contribution in [2.45, 2.75) is 10.5 Å². The molecule has 0 aliphatic rings. The number of anilines is 1. The second-order valence-corrected chi connectivity index (χ2v) is 8.25. The largest absolute Gasteiger partial charge is 0.418 e. The molecule has 0 atom stereocenters. The van der Waals surface area contributed by atoms with Crippen molar-refractivity contribution < 1.29 is 22.4 Å². The summed E-state index contributed by atoms with van der Waals surface area (Å²) in [5, 5.41) is 6.53. The minimum atomic E-state index is -4.57. The van der Waals surface area contributed by atoms with Gasteiger partial charge in [-0.3, -0.25) is 4.79 Å². The van der Waals surface area contributed by atoms with Gasteiger partial charge in [0.15, 0.2) is 8.29 Å². The molecule has 0 saturated carbocycles. The number of hydrogen-bond acceptors (Lipinski definition) is 5. The molecule has 146 valence electrons. The van der Waals surface area contributed by atoms with Crippen LogP contribution in [-0.2, 0) is 11.0 Å². The molecule has 0 radical (unpaired) electrons. The van der Waals surface area contributed by atoms with Gasteiger partial charge in [0.05, 0.1) is 22.7 Å². The average Bonchev–Trinajstić information content (AvgIpc) is 3.01. The van der Waals surface area contributed by atoms with E-state index in [9.17, 15) is 22.4 Å². The van der Waals surface area contributed by atoms with E-state index in [4.69, 9.17) is 12.2 Å². The van der Waals surface area contributed by atoms with Crippen molar-refractivity contribution in [1.82, 2.24) is 9.78 Å². The minimum Gasteiger partial charge on any atom is -0.325 e. The molecular formula is C17H11F4N3OS3. The number of para-hydroxylation sites is 1. The van der Waals surface area contributed by atoms with Gasteiger partial charge in [0.2, 0.25) is 5.91 Å². The lowest BCUT2D eigenvalue weighted by atomic mass is 10.1. The monoisotopic (exact) mass is 445 g/mol. The number of nitrogens with zero attached hydrogens (tertiary/aromatic N) is 2. The summed E-state index contributed by atoms with van der Waals surface area (Å²) in [7, 11) is 0. The van der Waals surface area contributed by atoms with E-state index >= 15 is 0 Å². The van der Waals surface area contributed by atoms with Gasteiger partial charge < -0.3 is 5.32 Å². The first-order valence-electron chi connectivity index (χ1n) is 7.69. The summed E-state index contributed by atoms with van der Waals surface area (Å²) < 4.78 is 54.3. The van der Waals surface area contributed by atoms with Crippen molar-refractivity contribution in [3.8, 4) is 5.69 Å². The Labute approximate surface area is 170 Å². The molecular weight excluding hydrogens is 434 g/mol. The third kappa shape index (κ3) is 4.97. The number of rotatable bonds is 5. The van der Waals surface area contributed by atoms with Gasteiger partial charge >= 0.3 is 6.18 Å². The fraction of sp³-hybridized carbons (Fsp3) is 0.118. The van der Waals surface area contributed by atoms with Crippen LogP contribution >= 0.6 is 35.3 Å². The van der Waals surface area contributed by atoms with Crippen LogP contribution in [0.4, 0.5) is 23.2 Å². The maximum absolute atomic E-state index is 13.0. The fourth-order valence-corrected chi connectivity index (χ4v) is 4.38. The third-order valence-electron chi connectivity index (χ3n) is 3.43. The standard InChI is InChI=1S/C17H11F4N3OS3/c18-10-5-7-11(8-6-10)24-16(26)28-15(23-24)27-9-14(25)22-13-4-2-1-3-12(13)17(19,20)21/h1-8H,9H2,(H,22,25). The molecule has 28 heavy (non-hydrogen) atoms. The van der Waals surface area contributed by atoms with Gasteiger partial charge in [-0.25, -0.2) is 9.07 Å². The summed E-state index contributed by atoms with van der Waals surface area (Å²) >= 11 is 7.41. The molecule has 0 saturated heterocycles. The Morgan fingerprint density at radius 3 is 2.54 bits per heavy atom. The summed E-state index contributed by atoms with van der Waals surface area (Å²) in [6.07, 6.45) is -4.57. The average molecular weight is 445 g/mol. The molecule has 0 aliphatic carbocycles. The van der Waals surface area contributed by atoms with Gasteiger partial charge in [0, 0.05) is 0 Å². The highest BCUT2D eigenvalue weighted by Crippen LogP contribution is 2.34. The Hall–Kier alpha value is -2.24. The number of benzene rings is 2. The Bertz CT molecular complexity index is 1040. The van der Waals surface area contributed by atoms with Gasteiger partial charge in [0.1, 0.15) is 5.82 Å². The molecule has 0 bridgehead atoms. The number of nitrogens with one attached hydrogen (secondary N) is 1. The smallest absolute Gasteiger partial charge is 0.325 e. The summed E-state index contributed by atoms with van der Waals surface area (Å²) in [5.41, 5.74) is -0.646. The fourth-order valence-electron chi connectivity index (χ4n) is 2.22. The lowest BCUT2D eigenvalue weighted by Crippen LogP contribution is -2.18. The van der Waals surface area contributed by atoms with E-state index in [-0.39, 0.29) is 11.4 Å². The van der Waals surface area contributed by atoms with E-state index in [1.54, 1.807) is 0 Å². The number of carbonyl (C=O) groups is 1. The number of halogens is 4. The van der Waals surface area contributed by atoms with Crippen molar-refractivity contribution in [1.29, 1.82) is 0 Å². The number of hydrogen-bond donors (Lipinski definition) is 1. The lowest BCUT2D eigenvalue weighted by Gasteiger charge is -2.13. The number of aromatic nitrogens is 2. The number of amides is 1. The van der Waals surface area contributed by atoms with Crippen LogP contribution in [0.15, 0.2) is 52.9 Å². The van der Waals surface area contributed by atoms with Crippen LogP contribution in [0.1, 0.15) is 5.56 Å². The van der Waals surface area contributed by atoms with Gasteiger partial charge in [-0.15, -0.1) is 5.10 Å². The highest BCUT2D eigenvalue weighted by atomic mass is 32.2. The molecule has 1 N–H and O–H groups in total. The van der Waals surface area contributed by atoms with Crippen molar-refractivity contribution >= 4 is 46.9 Å². The second kappa shape index (κ2) is 8.41. The van der Waals surface area contributed by atoms with Crippen LogP contribution in [-0.4, -0.2) is 21.4 Å². The normalized spacial score (nSPS) is 11.4. The predicted octanol–water partition coefficient (Wildman–Crippen LogP) is 5.55. The highest BCUT2D eigenvalue weighted by molar-refractivity contribution is 8.01. The molecule has 1 aromatic heterocycles. The number of carbonyl (C=O) groups excluding carboxylic acids is 1. The van der Waals surface area contributed by atoms with Crippen molar-refractivity contribution in [3.05, 3.63) is 63.9 Å². The van der Waals surface area contributed by atoms with Crippen LogP contribution in [0, 0.1) is 9.77 Å². The molecule has 0 aliphatic heterocycles. The first kappa shape index (κ1) is 20.5. The summed E-state index contributed by atoms with van der Waals surface area (Å²) in [5.74, 6) is -1.13. The molecule has 2 aromatic carbocycles. The summed E-state index contributed by atoms with van der Waals surface area (Å²) in [4.78, 5) is 12.1. The Kier molecular flexibility index (Phi) is 6.16. The molecule has 4 nitrogen and oxygen atoms in total. The van der Waals surface area contributed by atoms with Gasteiger partial charge in [0.25, 0.3) is 0 Å². The topological polar surface area (TPSA) is 46.9 Å². The SMILES string of the molecule is O=C(CSc1nn(-c2ccc(F)cc2)c(=S)s1)Nc1ccccc1C(F)(F)F. The van der Waals surface area contributed by atoms with Crippen LogP contribution in [0.5, 0.6) is 0 Å².